The topological polar surface area (TPSA) is 102 Å². The molecule has 3 N–H and O–H groups in total. The number of anilines is 2. The van der Waals surface area contributed by atoms with E-state index in [0.29, 0.717) is 22.1 Å². The standard InChI is InChI=1S/C25H33Cl2N5O3/c1-15-20(30-22(28)32(21(15)33)17-8-5-7-16(26)19(17)27)31-13-11-25(12-14-31)10-6-9-18(25)29-23(34)35-24(2,3)4/h5,7-8,18H,6,9-14H2,1-4H3,(H2,28,30)(H,29,34). The van der Waals surface area contributed by atoms with E-state index in [-0.39, 0.29) is 34.1 Å². The molecule has 2 fully saturated rings. The van der Waals surface area contributed by atoms with Crippen LogP contribution in [0.3, 0.4) is 0 Å². The number of amides is 1. The van der Waals surface area contributed by atoms with Crippen LogP contribution in [0.25, 0.3) is 5.69 Å². The first kappa shape index (κ1) is 25.6. The van der Waals surface area contributed by atoms with Gasteiger partial charge in [0.2, 0.25) is 5.95 Å². The van der Waals surface area contributed by atoms with Crippen molar-refractivity contribution in [1.82, 2.24) is 14.9 Å². The first-order valence-electron chi connectivity index (χ1n) is 12.0. The number of alkyl carbamates (subject to hydrolysis) is 1. The van der Waals surface area contributed by atoms with E-state index in [1.54, 1.807) is 25.1 Å². The van der Waals surface area contributed by atoms with Crippen LogP contribution in [0.1, 0.15) is 58.4 Å². The summed E-state index contributed by atoms with van der Waals surface area (Å²) in [6.45, 7) is 8.80. The molecule has 1 atom stereocenters. The molecule has 2 aliphatic rings. The average Bonchev–Trinajstić information content (AvgIpc) is 3.14. The van der Waals surface area contributed by atoms with Crippen LogP contribution >= 0.6 is 23.2 Å². The van der Waals surface area contributed by atoms with Crippen molar-refractivity contribution in [2.24, 2.45) is 5.41 Å². The van der Waals surface area contributed by atoms with Crippen molar-refractivity contribution in [3.8, 4) is 5.69 Å². The number of piperidine rings is 1. The number of halogens is 2. The van der Waals surface area contributed by atoms with Crippen molar-refractivity contribution in [1.29, 1.82) is 0 Å². The molecule has 35 heavy (non-hydrogen) atoms. The molecule has 0 bridgehead atoms. The summed E-state index contributed by atoms with van der Waals surface area (Å²) in [6, 6.07) is 5.14. The number of nitrogens with two attached hydrogens (primary N) is 1. The van der Waals surface area contributed by atoms with Gasteiger partial charge in [0.25, 0.3) is 5.56 Å². The number of hydrogen-bond donors (Lipinski definition) is 2. The van der Waals surface area contributed by atoms with Crippen LogP contribution in [0.4, 0.5) is 16.6 Å². The number of carbonyl (C=O) groups is 1. The van der Waals surface area contributed by atoms with Crippen molar-refractivity contribution in [3.05, 3.63) is 44.2 Å². The van der Waals surface area contributed by atoms with Crippen LogP contribution in [0.2, 0.25) is 10.0 Å². The number of aromatic nitrogens is 2. The number of rotatable bonds is 3. The third kappa shape index (κ3) is 5.09. The van der Waals surface area contributed by atoms with Crippen LogP contribution in [-0.4, -0.2) is 40.4 Å². The van der Waals surface area contributed by atoms with Crippen LogP contribution in [0.15, 0.2) is 23.0 Å². The minimum atomic E-state index is -0.530. The number of carbonyl (C=O) groups excluding carboxylic acids is 1. The summed E-state index contributed by atoms with van der Waals surface area (Å²) in [5, 5.41) is 3.71. The third-order valence-electron chi connectivity index (χ3n) is 7.14. The van der Waals surface area contributed by atoms with Gasteiger partial charge >= 0.3 is 6.09 Å². The van der Waals surface area contributed by atoms with E-state index in [2.05, 4.69) is 15.2 Å². The summed E-state index contributed by atoms with van der Waals surface area (Å²) in [5.74, 6) is 0.650. The molecule has 2 aromatic rings. The predicted molar refractivity (Wildman–Crippen MR) is 140 cm³/mol. The molecule has 0 radical (unpaired) electrons. The van der Waals surface area contributed by atoms with Gasteiger partial charge in [0.1, 0.15) is 11.4 Å². The minimum absolute atomic E-state index is 0.0240. The molecule has 4 rings (SSSR count). The van der Waals surface area contributed by atoms with Crippen LogP contribution < -0.4 is 21.5 Å². The van der Waals surface area contributed by atoms with Crippen molar-refractivity contribution >= 4 is 41.1 Å². The number of nitrogen functional groups attached to an aromatic ring is 1. The summed E-state index contributed by atoms with van der Waals surface area (Å²) >= 11 is 12.5. The van der Waals surface area contributed by atoms with Gasteiger partial charge in [-0.25, -0.2) is 9.36 Å². The van der Waals surface area contributed by atoms with E-state index in [4.69, 9.17) is 33.7 Å². The Kier molecular flexibility index (Phi) is 6.99. The lowest BCUT2D eigenvalue weighted by Gasteiger charge is -2.44. The smallest absolute Gasteiger partial charge is 0.407 e. The molecule has 1 amide bonds. The molecule has 190 valence electrons. The van der Waals surface area contributed by atoms with Crippen LogP contribution in [0, 0.1) is 12.3 Å². The largest absolute Gasteiger partial charge is 0.444 e. The Hall–Kier alpha value is -2.45. The summed E-state index contributed by atoms with van der Waals surface area (Å²) in [7, 11) is 0. The van der Waals surface area contributed by atoms with Gasteiger partial charge in [-0.3, -0.25) is 4.79 Å². The first-order valence-corrected chi connectivity index (χ1v) is 12.8. The second kappa shape index (κ2) is 9.54. The molecular weight excluding hydrogens is 489 g/mol. The lowest BCUT2D eigenvalue weighted by molar-refractivity contribution is 0.0442. The maximum absolute atomic E-state index is 13.3. The van der Waals surface area contributed by atoms with E-state index in [9.17, 15) is 9.59 Å². The van der Waals surface area contributed by atoms with E-state index >= 15 is 0 Å². The highest BCUT2D eigenvalue weighted by Gasteiger charge is 2.46. The molecule has 1 aliphatic heterocycles. The van der Waals surface area contributed by atoms with Crippen molar-refractivity contribution in [2.75, 3.05) is 23.7 Å². The molecule has 1 aromatic carbocycles. The maximum Gasteiger partial charge on any atom is 0.407 e. The van der Waals surface area contributed by atoms with Gasteiger partial charge in [-0.1, -0.05) is 35.7 Å². The molecule has 1 unspecified atom stereocenters. The van der Waals surface area contributed by atoms with E-state index in [0.717, 1.165) is 45.2 Å². The predicted octanol–water partition coefficient (Wildman–Crippen LogP) is 5.09. The molecule has 10 heteroatoms. The van der Waals surface area contributed by atoms with Gasteiger partial charge in [0, 0.05) is 19.1 Å². The Morgan fingerprint density at radius 1 is 1.23 bits per heavy atom. The average molecular weight is 522 g/mol. The van der Waals surface area contributed by atoms with Crippen molar-refractivity contribution < 1.29 is 9.53 Å². The van der Waals surface area contributed by atoms with Gasteiger partial charge in [-0.05, 0) is 70.9 Å². The zero-order valence-electron chi connectivity index (χ0n) is 20.7. The highest BCUT2D eigenvalue weighted by Crippen LogP contribution is 2.47. The van der Waals surface area contributed by atoms with E-state index in [1.165, 1.54) is 4.57 Å². The molecule has 2 heterocycles. The second-order valence-corrected chi connectivity index (χ2v) is 11.4. The second-order valence-electron chi connectivity index (χ2n) is 10.6. The highest BCUT2D eigenvalue weighted by molar-refractivity contribution is 6.43. The molecule has 1 aliphatic carbocycles. The summed E-state index contributed by atoms with van der Waals surface area (Å²) in [6.07, 6.45) is 4.49. The summed E-state index contributed by atoms with van der Waals surface area (Å²) in [4.78, 5) is 32.4. The Labute approximate surface area is 215 Å². The van der Waals surface area contributed by atoms with Gasteiger partial charge in [0.15, 0.2) is 0 Å². The number of hydrogen-bond acceptors (Lipinski definition) is 6. The van der Waals surface area contributed by atoms with Crippen LogP contribution in [0.5, 0.6) is 0 Å². The van der Waals surface area contributed by atoms with Crippen LogP contribution in [-0.2, 0) is 4.74 Å². The maximum atomic E-state index is 13.3. The fraction of sp³-hybridized carbons (Fsp3) is 0.560. The normalized spacial score (nSPS) is 19.7. The fourth-order valence-electron chi connectivity index (χ4n) is 5.39. The van der Waals surface area contributed by atoms with Gasteiger partial charge in [-0.2, -0.15) is 4.98 Å². The van der Waals surface area contributed by atoms with E-state index in [1.807, 2.05) is 20.8 Å². The zero-order valence-corrected chi connectivity index (χ0v) is 22.2. The number of nitrogens with zero attached hydrogens (tertiary/aromatic N) is 3. The van der Waals surface area contributed by atoms with Crippen molar-refractivity contribution in [2.45, 2.75) is 71.4 Å². The summed E-state index contributed by atoms with van der Waals surface area (Å²) in [5.41, 5.74) is 6.38. The summed E-state index contributed by atoms with van der Waals surface area (Å²) < 4.78 is 6.79. The van der Waals surface area contributed by atoms with Gasteiger partial charge < -0.3 is 20.7 Å². The molecule has 8 nitrogen and oxygen atoms in total. The molecule has 1 aromatic heterocycles. The molecule has 1 saturated heterocycles. The molecule has 1 spiro atoms. The number of nitrogens with one attached hydrogen (secondary N) is 1. The Bertz CT molecular complexity index is 1180. The Balaban J connectivity index is 1.53. The monoisotopic (exact) mass is 521 g/mol. The molecular formula is C25H33Cl2N5O3. The number of ether oxygens (including phenoxy) is 1. The minimum Gasteiger partial charge on any atom is -0.444 e. The lowest BCUT2D eigenvalue weighted by Crippen LogP contribution is -2.51. The van der Waals surface area contributed by atoms with E-state index < -0.39 is 5.60 Å². The van der Waals surface area contributed by atoms with Crippen molar-refractivity contribution in [3.63, 3.8) is 0 Å². The zero-order chi connectivity index (χ0) is 25.5. The number of benzene rings is 1. The Morgan fingerprint density at radius 2 is 1.91 bits per heavy atom. The third-order valence-corrected chi connectivity index (χ3v) is 7.95. The van der Waals surface area contributed by atoms with Gasteiger partial charge in [-0.15, -0.1) is 0 Å². The van der Waals surface area contributed by atoms with Gasteiger partial charge in [0.05, 0.1) is 21.3 Å². The quantitative estimate of drug-likeness (QED) is 0.582. The SMILES string of the molecule is Cc1c(N2CCC3(CCCC3NC(=O)OC(C)(C)C)CC2)nc(N)n(-c2cccc(Cl)c2Cl)c1=O. The lowest BCUT2D eigenvalue weighted by atomic mass is 9.74. The molecule has 1 saturated carbocycles. The highest BCUT2D eigenvalue weighted by atomic mass is 35.5. The Morgan fingerprint density at radius 3 is 2.57 bits per heavy atom. The first-order chi connectivity index (χ1) is 16.4. The fourth-order valence-corrected chi connectivity index (χ4v) is 5.77.